The minimum absolute atomic E-state index is 0.126. The van der Waals surface area contributed by atoms with E-state index in [-0.39, 0.29) is 17.8 Å². The third-order valence-electron chi connectivity index (χ3n) is 4.52. The Bertz CT molecular complexity index is 984. The Kier molecular flexibility index (Phi) is 3.81. The summed E-state index contributed by atoms with van der Waals surface area (Å²) in [6.07, 6.45) is 2.97. The number of methoxy groups -OCH3 is 1. The molecule has 128 valence electrons. The molecule has 1 amide bonds. The van der Waals surface area contributed by atoms with E-state index in [0.717, 1.165) is 22.2 Å². The largest absolute Gasteiger partial charge is 0.494 e. The van der Waals surface area contributed by atoms with E-state index in [9.17, 15) is 4.79 Å². The average molecular weight is 377 g/mol. The van der Waals surface area contributed by atoms with Crippen molar-refractivity contribution in [3.63, 3.8) is 0 Å². The van der Waals surface area contributed by atoms with E-state index >= 15 is 0 Å². The predicted octanol–water partition coefficient (Wildman–Crippen LogP) is 3.99. The molecular formula is C17H14Cl2N4O2. The smallest absolute Gasteiger partial charge is 0.292 e. The first-order chi connectivity index (χ1) is 12.0. The van der Waals surface area contributed by atoms with Crippen LogP contribution in [0, 0.1) is 0 Å². The van der Waals surface area contributed by atoms with Gasteiger partial charge in [0.15, 0.2) is 5.75 Å². The predicted molar refractivity (Wildman–Crippen MR) is 95.2 cm³/mol. The summed E-state index contributed by atoms with van der Waals surface area (Å²) in [6, 6.07) is 3.57. The summed E-state index contributed by atoms with van der Waals surface area (Å²) in [4.78, 5) is 26.0. The molecule has 0 saturated carbocycles. The summed E-state index contributed by atoms with van der Waals surface area (Å²) in [5.41, 5.74) is 2.81. The number of aromatic amines is 1. The number of aromatic nitrogens is 3. The van der Waals surface area contributed by atoms with Crippen LogP contribution in [-0.4, -0.2) is 32.9 Å². The number of hydrogen-bond donors (Lipinski definition) is 1. The molecule has 1 aliphatic heterocycles. The second-order valence-electron chi connectivity index (χ2n) is 5.86. The van der Waals surface area contributed by atoms with Crippen molar-refractivity contribution in [2.45, 2.75) is 19.5 Å². The van der Waals surface area contributed by atoms with Crippen molar-refractivity contribution in [1.82, 2.24) is 19.9 Å². The van der Waals surface area contributed by atoms with Crippen LogP contribution in [0.25, 0.3) is 10.9 Å². The number of H-pyrrole nitrogens is 1. The van der Waals surface area contributed by atoms with Gasteiger partial charge in [0.05, 0.1) is 47.7 Å². The zero-order valence-corrected chi connectivity index (χ0v) is 15.0. The van der Waals surface area contributed by atoms with Crippen LogP contribution in [0.5, 0.6) is 5.75 Å². The molecule has 3 heterocycles. The number of hydrogen-bond acceptors (Lipinski definition) is 4. The number of halogens is 2. The molecule has 1 unspecified atom stereocenters. The molecule has 0 fully saturated rings. The molecule has 0 saturated heterocycles. The minimum atomic E-state index is -0.229. The molecule has 0 bridgehead atoms. The number of rotatable bonds is 2. The van der Waals surface area contributed by atoms with Crippen molar-refractivity contribution in [2.75, 3.05) is 7.11 Å². The molecular weight excluding hydrogens is 363 g/mol. The van der Waals surface area contributed by atoms with Gasteiger partial charge in [0.25, 0.3) is 5.91 Å². The maximum Gasteiger partial charge on any atom is 0.292 e. The summed E-state index contributed by atoms with van der Waals surface area (Å²) in [7, 11) is 1.53. The van der Waals surface area contributed by atoms with Crippen LogP contribution in [0.15, 0.2) is 24.5 Å². The first-order valence-corrected chi connectivity index (χ1v) is 8.42. The number of nitrogens with zero attached hydrogens (tertiary/aromatic N) is 3. The molecule has 1 N–H and O–H groups in total. The number of ether oxygens (including phenoxy) is 1. The molecule has 0 radical (unpaired) electrons. The Morgan fingerprint density at radius 2 is 2.04 bits per heavy atom. The van der Waals surface area contributed by atoms with E-state index in [1.165, 1.54) is 19.5 Å². The lowest BCUT2D eigenvalue weighted by molar-refractivity contribution is 0.0691. The highest BCUT2D eigenvalue weighted by Crippen LogP contribution is 2.42. The fourth-order valence-electron chi connectivity index (χ4n) is 3.25. The van der Waals surface area contributed by atoms with Crippen LogP contribution in [0.3, 0.4) is 0 Å². The van der Waals surface area contributed by atoms with E-state index in [1.54, 1.807) is 11.0 Å². The van der Waals surface area contributed by atoms with Gasteiger partial charge in [0.1, 0.15) is 0 Å². The van der Waals surface area contributed by atoms with Crippen LogP contribution in [-0.2, 0) is 6.54 Å². The fourth-order valence-corrected chi connectivity index (χ4v) is 3.62. The molecule has 3 aromatic rings. The minimum Gasteiger partial charge on any atom is -0.494 e. The highest BCUT2D eigenvalue weighted by atomic mass is 35.5. The van der Waals surface area contributed by atoms with Crippen molar-refractivity contribution < 1.29 is 9.53 Å². The van der Waals surface area contributed by atoms with Crippen molar-refractivity contribution in [1.29, 1.82) is 0 Å². The number of amides is 1. The molecule has 4 rings (SSSR count). The van der Waals surface area contributed by atoms with Gasteiger partial charge in [-0.1, -0.05) is 29.3 Å². The van der Waals surface area contributed by atoms with E-state index in [1.807, 2.05) is 13.0 Å². The Morgan fingerprint density at radius 1 is 1.32 bits per heavy atom. The Morgan fingerprint density at radius 3 is 2.72 bits per heavy atom. The van der Waals surface area contributed by atoms with Crippen LogP contribution < -0.4 is 4.74 Å². The third-order valence-corrected chi connectivity index (χ3v) is 5.32. The van der Waals surface area contributed by atoms with Crippen molar-refractivity contribution in [3.8, 4) is 5.75 Å². The summed E-state index contributed by atoms with van der Waals surface area (Å²) in [6.45, 7) is 2.41. The molecule has 1 aliphatic rings. The van der Waals surface area contributed by atoms with Gasteiger partial charge in [-0.3, -0.25) is 4.79 Å². The van der Waals surface area contributed by atoms with E-state index < -0.39 is 0 Å². The number of fused-ring (bicyclic) bond motifs is 3. The lowest BCUT2D eigenvalue weighted by atomic mass is 10.1. The van der Waals surface area contributed by atoms with Gasteiger partial charge in [-0.15, -0.1) is 0 Å². The molecule has 2 aromatic heterocycles. The van der Waals surface area contributed by atoms with Crippen LogP contribution in [0.2, 0.25) is 10.0 Å². The monoisotopic (exact) mass is 376 g/mol. The Hall–Kier alpha value is -2.31. The lowest BCUT2D eigenvalue weighted by Gasteiger charge is -2.21. The van der Waals surface area contributed by atoms with Gasteiger partial charge in [0, 0.05) is 16.6 Å². The molecule has 1 aromatic carbocycles. The van der Waals surface area contributed by atoms with Gasteiger partial charge >= 0.3 is 0 Å². The Balaban J connectivity index is 1.69. The van der Waals surface area contributed by atoms with Crippen LogP contribution in [0.4, 0.5) is 0 Å². The molecule has 1 atom stereocenters. The highest BCUT2D eigenvalue weighted by Gasteiger charge is 2.35. The van der Waals surface area contributed by atoms with Gasteiger partial charge in [-0.25, -0.2) is 9.97 Å². The topological polar surface area (TPSA) is 71.1 Å². The van der Waals surface area contributed by atoms with Gasteiger partial charge in [-0.2, -0.15) is 0 Å². The van der Waals surface area contributed by atoms with Gasteiger partial charge in [0.2, 0.25) is 5.82 Å². The van der Waals surface area contributed by atoms with Crippen LogP contribution >= 0.6 is 23.2 Å². The molecule has 0 aliphatic carbocycles. The zero-order valence-electron chi connectivity index (χ0n) is 13.5. The van der Waals surface area contributed by atoms with Gasteiger partial charge in [-0.05, 0) is 13.0 Å². The highest BCUT2D eigenvalue weighted by molar-refractivity contribution is 6.45. The number of nitrogens with one attached hydrogen (secondary N) is 1. The molecule has 6 nitrogen and oxygen atoms in total. The maximum absolute atomic E-state index is 12.8. The third kappa shape index (κ3) is 2.44. The number of carbonyl (C=O) groups is 1. The first-order valence-electron chi connectivity index (χ1n) is 7.66. The average Bonchev–Trinajstić information content (AvgIpc) is 3.15. The SMILES string of the molecule is COc1cnc(C(=O)N2Cc3[nH]c4c(Cl)c(Cl)ccc4c3C2C)nc1. The van der Waals surface area contributed by atoms with E-state index in [2.05, 4.69) is 15.0 Å². The maximum atomic E-state index is 12.8. The summed E-state index contributed by atoms with van der Waals surface area (Å²) >= 11 is 12.4. The molecule has 8 heteroatoms. The van der Waals surface area contributed by atoms with Crippen molar-refractivity contribution in [3.05, 3.63) is 51.7 Å². The summed E-state index contributed by atoms with van der Waals surface area (Å²) in [5.74, 6) is 0.421. The van der Waals surface area contributed by atoms with E-state index in [0.29, 0.717) is 22.3 Å². The number of carbonyl (C=O) groups excluding carboxylic acids is 1. The second kappa shape index (κ2) is 5.89. The number of benzene rings is 1. The van der Waals surface area contributed by atoms with Gasteiger partial charge < -0.3 is 14.6 Å². The Labute approximate surface area is 153 Å². The quantitative estimate of drug-likeness (QED) is 0.733. The second-order valence-corrected chi connectivity index (χ2v) is 6.64. The first kappa shape index (κ1) is 16.2. The standard InChI is InChI=1S/C17H14Cl2N4O2/c1-8-13-10-3-4-11(18)14(19)15(10)22-12(13)7-23(8)17(24)16-20-5-9(25-2)6-21-16/h3-6,8,22H,7H2,1-2H3. The lowest BCUT2D eigenvalue weighted by Crippen LogP contribution is -2.30. The summed E-state index contributed by atoms with van der Waals surface area (Å²) in [5, 5.41) is 1.97. The van der Waals surface area contributed by atoms with E-state index in [4.69, 9.17) is 27.9 Å². The fraction of sp³-hybridized carbons (Fsp3) is 0.235. The molecule has 0 spiro atoms. The summed E-state index contributed by atoms with van der Waals surface area (Å²) < 4.78 is 5.02. The normalized spacial score (nSPS) is 16.3. The zero-order chi connectivity index (χ0) is 17.7. The van der Waals surface area contributed by atoms with Crippen molar-refractivity contribution in [2.24, 2.45) is 0 Å². The molecule has 25 heavy (non-hydrogen) atoms. The van der Waals surface area contributed by atoms with Crippen LogP contribution in [0.1, 0.15) is 34.8 Å². The van der Waals surface area contributed by atoms with Crippen molar-refractivity contribution >= 4 is 40.0 Å².